The third-order valence-corrected chi connectivity index (χ3v) is 5.12. The van der Waals surface area contributed by atoms with Crippen molar-refractivity contribution < 1.29 is 27.4 Å². The van der Waals surface area contributed by atoms with Crippen LogP contribution in [0.3, 0.4) is 0 Å². The summed E-state index contributed by atoms with van der Waals surface area (Å²) in [4.78, 5) is 16.4. The van der Waals surface area contributed by atoms with Crippen LogP contribution in [-0.4, -0.2) is 30.3 Å². The number of halogens is 3. The fraction of sp³-hybridized carbons (Fsp3) is 0.208. The smallest absolute Gasteiger partial charge is 0.416 e. The molecule has 0 fully saturated rings. The van der Waals surface area contributed by atoms with Gasteiger partial charge in [-0.15, -0.1) is 17.8 Å². The van der Waals surface area contributed by atoms with Crippen LogP contribution in [0.5, 0.6) is 11.5 Å². The number of hydrogen-bond donors (Lipinski definition) is 2. The number of anilines is 2. The summed E-state index contributed by atoms with van der Waals surface area (Å²) in [5.74, 6) is 2.99. The van der Waals surface area contributed by atoms with Crippen LogP contribution >= 0.6 is 11.3 Å². The lowest BCUT2D eigenvalue weighted by molar-refractivity contribution is -0.137. The Morgan fingerprint density at radius 2 is 2.06 bits per heavy atom. The minimum atomic E-state index is -4.44. The van der Waals surface area contributed by atoms with Gasteiger partial charge in [-0.3, -0.25) is 4.79 Å². The van der Waals surface area contributed by atoms with E-state index in [0.717, 1.165) is 12.1 Å². The van der Waals surface area contributed by atoms with E-state index in [4.69, 9.17) is 15.9 Å². The Kier molecular flexibility index (Phi) is 8.69. The first-order chi connectivity index (χ1) is 16.8. The van der Waals surface area contributed by atoms with Crippen LogP contribution in [0.2, 0.25) is 0 Å². The summed E-state index contributed by atoms with van der Waals surface area (Å²) < 4.78 is 49.6. The zero-order valence-corrected chi connectivity index (χ0v) is 19.4. The lowest BCUT2D eigenvalue weighted by atomic mass is 10.2. The quantitative estimate of drug-likeness (QED) is 0.231. The number of thiazole rings is 1. The second kappa shape index (κ2) is 11.9. The minimum Gasteiger partial charge on any atom is -0.490 e. The predicted molar refractivity (Wildman–Crippen MR) is 128 cm³/mol. The fourth-order valence-electron chi connectivity index (χ4n) is 2.84. The standard InChI is InChI=1S/C24H21F3N4O3S/c1-3-10-34-20-9-8-16(11-21(20)33-4-2)14-28-31-22(32)13-19-15-35-23(30-19)29-18-7-5-6-17(12-18)24(25,26)27/h1,5-9,11-12,14-15H,4,10,13H2,2H3,(H,29,30)(H,31,32)/b28-14-. The SMILES string of the molecule is C#CCOc1ccc(/C=N\NC(=O)Cc2csc(Nc3cccc(C(F)(F)F)c3)n2)cc1OCC. The number of nitrogens with one attached hydrogen (secondary N) is 2. The maximum absolute atomic E-state index is 12.9. The number of terminal acetylenes is 1. The zero-order valence-electron chi connectivity index (χ0n) is 18.6. The van der Waals surface area contributed by atoms with Crippen LogP contribution in [0.4, 0.5) is 24.0 Å². The molecular weight excluding hydrogens is 481 g/mol. The molecule has 0 spiro atoms. The van der Waals surface area contributed by atoms with Crippen molar-refractivity contribution in [1.29, 1.82) is 0 Å². The first-order valence-corrected chi connectivity index (χ1v) is 11.2. The predicted octanol–water partition coefficient (Wildman–Crippen LogP) is 5.01. The van der Waals surface area contributed by atoms with Gasteiger partial charge in [-0.25, -0.2) is 10.4 Å². The van der Waals surface area contributed by atoms with Crippen molar-refractivity contribution in [1.82, 2.24) is 10.4 Å². The van der Waals surface area contributed by atoms with Gasteiger partial charge >= 0.3 is 6.18 Å². The van der Waals surface area contributed by atoms with E-state index in [-0.39, 0.29) is 18.7 Å². The summed E-state index contributed by atoms with van der Waals surface area (Å²) in [6.45, 7) is 2.38. The van der Waals surface area contributed by atoms with Crippen LogP contribution in [-0.2, 0) is 17.4 Å². The number of amides is 1. The number of carbonyl (C=O) groups is 1. The summed E-state index contributed by atoms with van der Waals surface area (Å²) in [6, 6.07) is 9.92. The summed E-state index contributed by atoms with van der Waals surface area (Å²) in [6.07, 6.45) is 2.17. The number of benzene rings is 2. The van der Waals surface area contributed by atoms with Crippen molar-refractivity contribution in [2.24, 2.45) is 5.10 Å². The van der Waals surface area contributed by atoms with E-state index < -0.39 is 17.6 Å². The van der Waals surface area contributed by atoms with Crippen molar-refractivity contribution >= 4 is 34.3 Å². The second-order valence-electron chi connectivity index (χ2n) is 6.95. The largest absolute Gasteiger partial charge is 0.490 e. The molecule has 7 nitrogen and oxygen atoms in total. The van der Waals surface area contributed by atoms with E-state index in [1.165, 1.54) is 29.7 Å². The number of aromatic nitrogens is 1. The molecule has 2 N–H and O–H groups in total. The van der Waals surface area contributed by atoms with E-state index in [1.807, 2.05) is 6.92 Å². The Morgan fingerprint density at radius 1 is 1.23 bits per heavy atom. The highest BCUT2D eigenvalue weighted by Gasteiger charge is 2.30. The zero-order chi connectivity index (χ0) is 25.3. The molecule has 182 valence electrons. The fourth-order valence-corrected chi connectivity index (χ4v) is 3.57. The van der Waals surface area contributed by atoms with Crippen LogP contribution in [0.1, 0.15) is 23.7 Å². The Hall–Kier alpha value is -4.04. The highest BCUT2D eigenvalue weighted by molar-refractivity contribution is 7.13. The molecule has 0 unspecified atom stereocenters. The first-order valence-electron chi connectivity index (χ1n) is 10.3. The van der Waals surface area contributed by atoms with Gasteiger partial charge in [-0.05, 0) is 48.9 Å². The number of hydrogen-bond acceptors (Lipinski definition) is 7. The summed E-state index contributed by atoms with van der Waals surface area (Å²) >= 11 is 1.17. The van der Waals surface area contributed by atoms with Gasteiger partial charge in [0.1, 0.15) is 6.61 Å². The molecule has 11 heteroatoms. The molecule has 2 aromatic carbocycles. The molecule has 3 aromatic rings. The van der Waals surface area contributed by atoms with Crippen LogP contribution in [0.15, 0.2) is 52.9 Å². The molecule has 0 aliphatic heterocycles. The number of ether oxygens (including phenoxy) is 2. The Labute approximate surface area is 204 Å². The van der Waals surface area contributed by atoms with Gasteiger partial charge in [0, 0.05) is 11.1 Å². The molecule has 0 radical (unpaired) electrons. The third-order valence-electron chi connectivity index (χ3n) is 4.32. The highest BCUT2D eigenvalue weighted by atomic mass is 32.1. The van der Waals surface area contributed by atoms with Crippen LogP contribution < -0.4 is 20.2 Å². The lowest BCUT2D eigenvalue weighted by Gasteiger charge is -2.10. The number of alkyl halides is 3. The average Bonchev–Trinajstić information content (AvgIpc) is 3.24. The lowest BCUT2D eigenvalue weighted by Crippen LogP contribution is -2.19. The van der Waals surface area contributed by atoms with Gasteiger partial charge in [0.05, 0.1) is 30.5 Å². The van der Waals surface area contributed by atoms with Crippen molar-refractivity contribution in [2.45, 2.75) is 19.5 Å². The molecule has 0 saturated heterocycles. The van der Waals surface area contributed by atoms with Crippen molar-refractivity contribution in [3.05, 3.63) is 64.7 Å². The molecule has 1 aromatic heterocycles. The highest BCUT2D eigenvalue weighted by Crippen LogP contribution is 2.32. The molecule has 0 bridgehead atoms. The van der Waals surface area contributed by atoms with Gasteiger partial charge in [0.15, 0.2) is 16.6 Å². The summed E-state index contributed by atoms with van der Waals surface area (Å²) in [5, 5.41) is 8.77. The van der Waals surface area contributed by atoms with Crippen LogP contribution in [0.25, 0.3) is 0 Å². The van der Waals surface area contributed by atoms with Gasteiger partial charge in [-0.1, -0.05) is 12.0 Å². The van der Waals surface area contributed by atoms with Gasteiger partial charge in [0.2, 0.25) is 5.91 Å². The molecule has 0 aliphatic rings. The maximum atomic E-state index is 12.9. The molecule has 0 aliphatic carbocycles. The normalized spacial score (nSPS) is 11.2. The first kappa shape index (κ1) is 25.6. The van der Waals surface area contributed by atoms with E-state index >= 15 is 0 Å². The third kappa shape index (κ3) is 7.75. The maximum Gasteiger partial charge on any atom is 0.416 e. The average molecular weight is 503 g/mol. The molecule has 0 atom stereocenters. The van der Waals surface area contributed by atoms with E-state index in [9.17, 15) is 18.0 Å². The van der Waals surface area contributed by atoms with Crippen LogP contribution in [0, 0.1) is 12.3 Å². The van der Waals surface area contributed by atoms with Gasteiger partial charge < -0.3 is 14.8 Å². The topological polar surface area (TPSA) is 84.8 Å². The molecule has 1 amide bonds. The van der Waals surface area contributed by atoms with E-state index in [1.54, 1.807) is 23.6 Å². The minimum absolute atomic E-state index is 0.0544. The monoisotopic (exact) mass is 502 g/mol. The van der Waals surface area contributed by atoms with Crippen molar-refractivity contribution in [3.8, 4) is 23.8 Å². The second-order valence-corrected chi connectivity index (χ2v) is 7.81. The summed E-state index contributed by atoms with van der Waals surface area (Å²) in [7, 11) is 0. The number of hydrazone groups is 1. The molecule has 1 heterocycles. The van der Waals surface area contributed by atoms with E-state index in [2.05, 4.69) is 26.7 Å². The van der Waals surface area contributed by atoms with Crippen molar-refractivity contribution in [2.75, 3.05) is 18.5 Å². The van der Waals surface area contributed by atoms with Crippen molar-refractivity contribution in [3.63, 3.8) is 0 Å². The van der Waals surface area contributed by atoms with Gasteiger partial charge in [0.25, 0.3) is 0 Å². The number of carbonyl (C=O) groups excluding carboxylic acids is 1. The molecule has 0 saturated carbocycles. The number of nitrogens with zero attached hydrogens (tertiary/aromatic N) is 2. The Bertz CT molecular complexity index is 1240. The molecule has 3 rings (SSSR count). The number of rotatable bonds is 10. The molecular formula is C24H21F3N4O3S. The van der Waals surface area contributed by atoms with Gasteiger partial charge in [-0.2, -0.15) is 18.3 Å². The Balaban J connectivity index is 1.55. The molecule has 35 heavy (non-hydrogen) atoms. The Morgan fingerprint density at radius 3 is 2.80 bits per heavy atom. The van der Waals surface area contributed by atoms with E-state index in [0.29, 0.717) is 34.5 Å². The summed E-state index contributed by atoms with van der Waals surface area (Å²) in [5.41, 5.74) is 3.02.